The number of rotatable bonds is 11. The van der Waals surface area contributed by atoms with Crippen molar-refractivity contribution in [3.63, 3.8) is 0 Å². The molecule has 0 spiro atoms. The molecule has 0 fully saturated rings. The molecule has 0 radical (unpaired) electrons. The van der Waals surface area contributed by atoms with E-state index in [2.05, 4.69) is 5.32 Å². The zero-order chi connectivity index (χ0) is 23.7. The standard InChI is InChI=1S/C24H26N2O6S/c1-30-19-12-14-21(15-13-19)33(28,29)26(22-10-6-7-11-23(22)31-2)18-24(27)25-16-17-32-20-8-4-3-5-9-20/h3-15H,16-18H2,1-2H3,(H,25,27). The molecule has 0 aliphatic heterocycles. The Kier molecular flexibility index (Phi) is 8.15. The zero-order valence-corrected chi connectivity index (χ0v) is 19.2. The van der Waals surface area contributed by atoms with E-state index in [9.17, 15) is 13.2 Å². The fourth-order valence-electron chi connectivity index (χ4n) is 3.07. The molecule has 3 aromatic rings. The van der Waals surface area contributed by atoms with Crippen molar-refractivity contribution in [3.8, 4) is 17.2 Å². The first-order valence-electron chi connectivity index (χ1n) is 10.2. The van der Waals surface area contributed by atoms with Crippen LogP contribution in [0.2, 0.25) is 0 Å². The van der Waals surface area contributed by atoms with Gasteiger partial charge < -0.3 is 19.5 Å². The Morgan fingerprint density at radius 1 is 0.848 bits per heavy atom. The van der Waals surface area contributed by atoms with Crippen molar-refractivity contribution in [3.05, 3.63) is 78.9 Å². The van der Waals surface area contributed by atoms with Crippen LogP contribution < -0.4 is 23.8 Å². The van der Waals surface area contributed by atoms with Gasteiger partial charge in [0.2, 0.25) is 5.91 Å². The summed E-state index contributed by atoms with van der Waals surface area (Å²) in [5, 5.41) is 2.70. The monoisotopic (exact) mass is 470 g/mol. The van der Waals surface area contributed by atoms with Crippen molar-refractivity contribution in [2.45, 2.75) is 4.90 Å². The fraction of sp³-hybridized carbons (Fsp3) is 0.208. The van der Waals surface area contributed by atoms with Gasteiger partial charge in [-0.25, -0.2) is 8.42 Å². The third-order valence-electron chi connectivity index (χ3n) is 4.72. The van der Waals surface area contributed by atoms with Crippen LogP contribution in [0.5, 0.6) is 17.2 Å². The van der Waals surface area contributed by atoms with Gasteiger partial charge in [-0.15, -0.1) is 0 Å². The van der Waals surface area contributed by atoms with Gasteiger partial charge in [0.1, 0.15) is 30.4 Å². The number of amides is 1. The van der Waals surface area contributed by atoms with Crippen LogP contribution >= 0.6 is 0 Å². The third kappa shape index (κ3) is 6.17. The average molecular weight is 471 g/mol. The number of para-hydroxylation sites is 3. The van der Waals surface area contributed by atoms with Gasteiger partial charge in [-0.3, -0.25) is 9.10 Å². The maximum absolute atomic E-state index is 13.5. The first kappa shape index (κ1) is 23.9. The Morgan fingerprint density at radius 3 is 2.18 bits per heavy atom. The van der Waals surface area contributed by atoms with E-state index in [4.69, 9.17) is 14.2 Å². The largest absolute Gasteiger partial charge is 0.497 e. The van der Waals surface area contributed by atoms with Crippen LogP contribution in [0.1, 0.15) is 0 Å². The Labute approximate surface area is 193 Å². The molecule has 0 saturated heterocycles. The van der Waals surface area contributed by atoms with Gasteiger partial charge in [-0.1, -0.05) is 30.3 Å². The summed E-state index contributed by atoms with van der Waals surface area (Å²) in [6.07, 6.45) is 0. The summed E-state index contributed by atoms with van der Waals surface area (Å²) < 4.78 is 44.0. The Morgan fingerprint density at radius 2 is 1.52 bits per heavy atom. The van der Waals surface area contributed by atoms with Crippen molar-refractivity contribution >= 4 is 21.6 Å². The summed E-state index contributed by atoms with van der Waals surface area (Å²) in [6.45, 7) is 0.0335. The van der Waals surface area contributed by atoms with E-state index in [0.29, 0.717) is 17.2 Å². The Hall–Kier alpha value is -3.72. The average Bonchev–Trinajstić information content (AvgIpc) is 2.85. The van der Waals surface area contributed by atoms with Crippen LogP contribution in [0.25, 0.3) is 0 Å². The summed E-state index contributed by atoms with van der Waals surface area (Å²) in [7, 11) is -1.14. The number of hydrogen-bond acceptors (Lipinski definition) is 6. The second-order valence-electron chi connectivity index (χ2n) is 6.87. The highest BCUT2D eigenvalue weighted by Gasteiger charge is 2.29. The lowest BCUT2D eigenvalue weighted by atomic mass is 10.3. The molecule has 3 rings (SSSR count). The Bertz CT molecular complexity index is 1150. The van der Waals surface area contributed by atoms with Gasteiger partial charge in [0.05, 0.1) is 31.3 Å². The van der Waals surface area contributed by atoms with Gasteiger partial charge in [0, 0.05) is 0 Å². The van der Waals surface area contributed by atoms with Gasteiger partial charge in [0.15, 0.2) is 0 Å². The molecule has 0 heterocycles. The first-order chi connectivity index (χ1) is 16.0. The van der Waals surface area contributed by atoms with Crippen molar-refractivity contribution in [2.75, 3.05) is 38.2 Å². The van der Waals surface area contributed by atoms with E-state index in [1.165, 1.54) is 26.4 Å². The molecule has 33 heavy (non-hydrogen) atoms. The van der Waals surface area contributed by atoms with Gasteiger partial charge in [-0.2, -0.15) is 0 Å². The summed E-state index contributed by atoms with van der Waals surface area (Å²) in [4.78, 5) is 12.7. The smallest absolute Gasteiger partial charge is 0.264 e. The van der Waals surface area contributed by atoms with Crippen molar-refractivity contribution in [1.82, 2.24) is 5.32 Å². The summed E-state index contributed by atoms with van der Waals surface area (Å²) >= 11 is 0. The molecular formula is C24H26N2O6S. The number of sulfonamides is 1. The molecule has 174 valence electrons. The molecule has 0 bridgehead atoms. The second-order valence-corrected chi connectivity index (χ2v) is 8.73. The second kappa shape index (κ2) is 11.2. The van der Waals surface area contributed by atoms with E-state index < -0.39 is 22.5 Å². The molecule has 1 N–H and O–H groups in total. The maximum atomic E-state index is 13.5. The molecule has 8 nitrogen and oxygen atoms in total. The van der Waals surface area contributed by atoms with E-state index in [1.54, 1.807) is 36.4 Å². The molecule has 0 aliphatic rings. The predicted molar refractivity (Wildman–Crippen MR) is 125 cm³/mol. The zero-order valence-electron chi connectivity index (χ0n) is 18.4. The minimum absolute atomic E-state index is 0.0226. The van der Waals surface area contributed by atoms with Crippen molar-refractivity contribution < 1.29 is 27.4 Å². The van der Waals surface area contributed by atoms with Crippen molar-refractivity contribution in [1.29, 1.82) is 0 Å². The summed E-state index contributed by atoms with van der Waals surface area (Å²) in [6, 6.07) is 21.8. The maximum Gasteiger partial charge on any atom is 0.264 e. The van der Waals surface area contributed by atoms with E-state index in [1.807, 2.05) is 30.3 Å². The van der Waals surface area contributed by atoms with Crippen LogP contribution in [0.15, 0.2) is 83.8 Å². The summed E-state index contributed by atoms with van der Waals surface area (Å²) in [5.74, 6) is 1.06. The molecule has 0 saturated carbocycles. The molecule has 0 atom stereocenters. The molecule has 1 amide bonds. The number of nitrogens with zero attached hydrogens (tertiary/aromatic N) is 1. The number of carbonyl (C=O) groups is 1. The number of hydrogen-bond donors (Lipinski definition) is 1. The van der Waals surface area contributed by atoms with Crippen molar-refractivity contribution in [2.24, 2.45) is 0 Å². The highest BCUT2D eigenvalue weighted by molar-refractivity contribution is 7.92. The SMILES string of the molecule is COc1ccc(S(=O)(=O)N(CC(=O)NCCOc2ccccc2)c2ccccc2OC)cc1. The number of carbonyl (C=O) groups excluding carboxylic acids is 1. The molecule has 0 unspecified atom stereocenters. The lowest BCUT2D eigenvalue weighted by Crippen LogP contribution is -2.42. The number of nitrogens with one attached hydrogen (secondary N) is 1. The van der Waals surface area contributed by atoms with Crippen LogP contribution in [-0.4, -0.2) is 48.2 Å². The quantitative estimate of drug-likeness (QED) is 0.433. The van der Waals surface area contributed by atoms with E-state index >= 15 is 0 Å². The molecular weight excluding hydrogens is 444 g/mol. The van der Waals surface area contributed by atoms with Crippen LogP contribution in [0.3, 0.4) is 0 Å². The highest BCUT2D eigenvalue weighted by Crippen LogP contribution is 2.32. The third-order valence-corrected chi connectivity index (χ3v) is 6.50. The van der Waals surface area contributed by atoms with Gasteiger partial charge in [0.25, 0.3) is 10.0 Å². The number of methoxy groups -OCH3 is 2. The predicted octanol–water partition coefficient (Wildman–Crippen LogP) is 3.09. The highest BCUT2D eigenvalue weighted by atomic mass is 32.2. The van der Waals surface area contributed by atoms with Crippen LogP contribution in [0, 0.1) is 0 Å². The van der Waals surface area contributed by atoms with E-state index in [-0.39, 0.29) is 23.7 Å². The van der Waals surface area contributed by atoms with Crippen LogP contribution in [-0.2, 0) is 14.8 Å². The number of ether oxygens (including phenoxy) is 3. The lowest BCUT2D eigenvalue weighted by molar-refractivity contribution is -0.119. The molecule has 0 aromatic heterocycles. The minimum atomic E-state index is -4.07. The number of benzene rings is 3. The van der Waals surface area contributed by atoms with E-state index in [0.717, 1.165) is 4.31 Å². The van der Waals surface area contributed by atoms with Gasteiger partial charge in [-0.05, 0) is 48.5 Å². The van der Waals surface area contributed by atoms with Gasteiger partial charge >= 0.3 is 0 Å². The lowest BCUT2D eigenvalue weighted by Gasteiger charge is -2.25. The van der Waals surface area contributed by atoms with Crippen LogP contribution in [0.4, 0.5) is 5.69 Å². The fourth-order valence-corrected chi connectivity index (χ4v) is 4.50. The normalized spacial score (nSPS) is 10.8. The molecule has 9 heteroatoms. The first-order valence-corrected chi connectivity index (χ1v) is 11.6. The summed E-state index contributed by atoms with van der Waals surface area (Å²) in [5.41, 5.74) is 0.256. The molecule has 3 aromatic carbocycles. The molecule has 0 aliphatic carbocycles. The minimum Gasteiger partial charge on any atom is -0.497 e. The Balaban J connectivity index is 1.77. The topological polar surface area (TPSA) is 94.2 Å². The number of anilines is 1.